The molecule has 0 aromatic rings. The first-order valence-corrected chi connectivity index (χ1v) is 6.43. The molecule has 0 fully saturated rings. The van der Waals surface area contributed by atoms with Crippen LogP contribution in [0.3, 0.4) is 0 Å². The summed E-state index contributed by atoms with van der Waals surface area (Å²) in [6.45, 7) is 2.26. The molecule has 0 saturated carbocycles. The van der Waals surface area contributed by atoms with E-state index in [9.17, 15) is 0 Å². The molecule has 0 aromatic heterocycles. The van der Waals surface area contributed by atoms with Gasteiger partial charge in [0.2, 0.25) is 0 Å². The van der Waals surface area contributed by atoms with Crippen LogP contribution in [-0.2, 0) is 0 Å². The van der Waals surface area contributed by atoms with Gasteiger partial charge < -0.3 is 0 Å². The molecule has 0 aliphatic heterocycles. The zero-order valence-corrected chi connectivity index (χ0v) is 7.30. The van der Waals surface area contributed by atoms with Crippen LogP contribution in [0.1, 0.15) is 26.2 Å². The Labute approximate surface area is 65.5 Å². The zero-order chi connectivity index (χ0) is 5.54. The van der Waals surface area contributed by atoms with Gasteiger partial charge in [-0.1, -0.05) is 0 Å². The minimum absolute atomic E-state index is 0.490. The topological polar surface area (TPSA) is 0 Å². The molecule has 7 heavy (non-hydrogen) atoms. The van der Waals surface area contributed by atoms with E-state index in [1.54, 1.807) is 2.39 Å². The first-order valence-electron chi connectivity index (χ1n) is 2.78. The summed E-state index contributed by atoms with van der Waals surface area (Å²) in [4.78, 5) is 0. The number of hydrogen-bond donors (Lipinski definition) is 0. The van der Waals surface area contributed by atoms with E-state index in [4.69, 9.17) is 0 Å². The van der Waals surface area contributed by atoms with Crippen molar-refractivity contribution in [2.75, 3.05) is 0 Å². The van der Waals surface area contributed by atoms with E-state index in [1.165, 1.54) is 19.3 Å². The van der Waals surface area contributed by atoms with E-state index >= 15 is 0 Å². The fourth-order valence-electron chi connectivity index (χ4n) is 0.451. The maximum atomic E-state index is 2.37. The molecular formula is C6H14Tb. The molecule has 0 atom stereocenters. The Hall–Kier alpha value is 1.29. The van der Waals surface area contributed by atoms with Crippen LogP contribution >= 0.6 is 0 Å². The van der Waals surface area contributed by atoms with E-state index in [-0.39, 0.29) is 0 Å². The third-order valence-corrected chi connectivity index (χ3v) is 2.71. The van der Waals surface area contributed by atoms with Crippen LogP contribution in [0.25, 0.3) is 0 Å². The standard InChI is InChI=1S/C5H11.CH3.Tb/c1-3-5-4-2;;/h1,3-5H2,2H3;1H3;. The number of hydrogen-bond acceptors (Lipinski definition) is 0. The molecule has 0 nitrogen and oxygen atoms in total. The van der Waals surface area contributed by atoms with E-state index in [1.807, 2.05) is 0 Å². The molecule has 0 aliphatic rings. The Kier molecular flexibility index (Phi) is 8.62. The Balaban J connectivity index is 2.45. The monoisotopic (exact) mass is 245 g/mol. The SMILES string of the molecule is CCCC[CH2][Tb][CH3]. The molecule has 0 aliphatic carbocycles. The van der Waals surface area contributed by atoms with E-state index in [2.05, 4.69) is 9.82 Å². The van der Waals surface area contributed by atoms with Crippen molar-refractivity contribution in [3.63, 3.8) is 0 Å². The number of unbranched alkanes of at least 4 members (excludes halogenated alkanes) is 2. The molecule has 0 amide bonds. The third-order valence-electron chi connectivity index (χ3n) is 0.888. The molecule has 0 aromatic carbocycles. The third kappa shape index (κ3) is 7.29. The van der Waals surface area contributed by atoms with Gasteiger partial charge in [-0.25, -0.2) is 0 Å². The van der Waals surface area contributed by atoms with Crippen LogP contribution < -0.4 is 0 Å². The second-order valence-corrected chi connectivity index (χ2v) is 4.19. The van der Waals surface area contributed by atoms with Crippen LogP contribution in [0.2, 0.25) is 5.29 Å². The molecule has 0 saturated heterocycles. The molecular weight excluding hydrogens is 231 g/mol. The van der Waals surface area contributed by atoms with E-state index in [0.29, 0.717) is 34.6 Å². The number of rotatable bonds is 4. The molecule has 0 radical (unpaired) electrons. The minimum atomic E-state index is 0.490. The molecule has 1 heteroatoms. The van der Waals surface area contributed by atoms with Crippen molar-refractivity contribution >= 4 is 0 Å². The second kappa shape index (κ2) is 7.29. The normalized spacial score (nSPS) is 10.0. The van der Waals surface area contributed by atoms with Crippen molar-refractivity contribution in [3.05, 3.63) is 0 Å². The van der Waals surface area contributed by atoms with Crippen molar-refractivity contribution < 1.29 is 34.6 Å². The Morgan fingerprint density at radius 1 is 1.29 bits per heavy atom. The van der Waals surface area contributed by atoms with Crippen LogP contribution in [0.15, 0.2) is 0 Å². The average Bonchev–Trinajstić information content (AvgIpc) is 1.69. The maximum absolute atomic E-state index is 2.37. The van der Waals surface area contributed by atoms with Crippen LogP contribution in [0.4, 0.5) is 0 Å². The fourth-order valence-corrected chi connectivity index (χ4v) is 1.74. The summed E-state index contributed by atoms with van der Waals surface area (Å²) in [7, 11) is 0. The summed E-state index contributed by atoms with van der Waals surface area (Å²) in [5.41, 5.74) is 0. The van der Waals surface area contributed by atoms with Crippen LogP contribution in [0.5, 0.6) is 0 Å². The van der Waals surface area contributed by atoms with Gasteiger partial charge in [0.25, 0.3) is 0 Å². The summed E-state index contributed by atoms with van der Waals surface area (Å²) in [5.74, 6) is 0. The van der Waals surface area contributed by atoms with Gasteiger partial charge >= 0.3 is 66.1 Å². The molecule has 0 unspecified atom stereocenters. The summed E-state index contributed by atoms with van der Waals surface area (Å²) in [5, 5.41) is 0. The van der Waals surface area contributed by atoms with Crippen molar-refractivity contribution in [3.8, 4) is 0 Å². The Morgan fingerprint density at radius 2 is 2.00 bits per heavy atom. The fraction of sp³-hybridized carbons (Fsp3) is 1.00. The van der Waals surface area contributed by atoms with Gasteiger partial charge in [-0.2, -0.15) is 0 Å². The van der Waals surface area contributed by atoms with Crippen LogP contribution in [0, 0.1) is 34.6 Å². The Morgan fingerprint density at radius 3 is 2.43 bits per heavy atom. The van der Waals surface area contributed by atoms with E-state index < -0.39 is 0 Å². The van der Waals surface area contributed by atoms with Gasteiger partial charge in [-0.3, -0.25) is 0 Å². The van der Waals surface area contributed by atoms with Gasteiger partial charge in [0.15, 0.2) is 0 Å². The summed E-state index contributed by atoms with van der Waals surface area (Å²) in [6, 6.07) is 0. The molecule has 0 heterocycles. The molecule has 0 N–H and O–H groups in total. The van der Waals surface area contributed by atoms with Crippen molar-refractivity contribution in [2.45, 2.75) is 31.5 Å². The Bertz CT molecular complexity index is 23.4. The van der Waals surface area contributed by atoms with Crippen molar-refractivity contribution in [2.24, 2.45) is 0 Å². The van der Waals surface area contributed by atoms with E-state index in [0.717, 1.165) is 0 Å². The average molecular weight is 245 g/mol. The van der Waals surface area contributed by atoms with Crippen molar-refractivity contribution in [1.82, 2.24) is 0 Å². The van der Waals surface area contributed by atoms with Crippen LogP contribution in [-0.4, -0.2) is 0 Å². The quantitative estimate of drug-likeness (QED) is 0.668. The molecule has 0 bridgehead atoms. The summed E-state index contributed by atoms with van der Waals surface area (Å²) < 4.78 is 3.92. The zero-order valence-electron chi connectivity index (χ0n) is 5.16. The molecule has 0 spiro atoms. The first-order chi connectivity index (χ1) is 3.41. The molecule has 47 valence electrons. The predicted molar refractivity (Wildman–Crippen MR) is 30.2 cm³/mol. The van der Waals surface area contributed by atoms with Gasteiger partial charge in [-0.05, 0) is 0 Å². The second-order valence-electron chi connectivity index (χ2n) is 1.61. The van der Waals surface area contributed by atoms with Gasteiger partial charge in [-0.15, -0.1) is 0 Å². The van der Waals surface area contributed by atoms with Crippen molar-refractivity contribution in [1.29, 1.82) is 0 Å². The first kappa shape index (κ1) is 8.29. The summed E-state index contributed by atoms with van der Waals surface area (Å²) >= 11 is 0.490. The van der Waals surface area contributed by atoms with Gasteiger partial charge in [0.1, 0.15) is 0 Å². The predicted octanol–water partition coefficient (Wildman–Crippen LogP) is 2.73. The summed E-state index contributed by atoms with van der Waals surface area (Å²) in [6.07, 6.45) is 4.33. The molecule has 0 rings (SSSR count). The van der Waals surface area contributed by atoms with Gasteiger partial charge in [0, 0.05) is 0 Å². The van der Waals surface area contributed by atoms with Gasteiger partial charge in [0.05, 0.1) is 0 Å².